The molecule has 7 heteroatoms. The number of ketones is 1. The quantitative estimate of drug-likeness (QED) is 0.480. The monoisotopic (exact) mass is 422 g/mol. The number of rotatable bonds is 3. The number of fused-ring (bicyclic) bond motifs is 2. The van der Waals surface area contributed by atoms with Gasteiger partial charge in [-0.05, 0) is 43.3 Å². The van der Waals surface area contributed by atoms with E-state index in [1.54, 1.807) is 30.3 Å². The minimum absolute atomic E-state index is 0.0491. The van der Waals surface area contributed by atoms with Crippen molar-refractivity contribution in [3.8, 4) is 6.07 Å². The van der Waals surface area contributed by atoms with E-state index in [-0.39, 0.29) is 9.80 Å². The van der Waals surface area contributed by atoms with Crippen molar-refractivity contribution in [1.82, 2.24) is 0 Å². The van der Waals surface area contributed by atoms with Crippen LogP contribution in [-0.2, 0) is 0 Å². The van der Waals surface area contributed by atoms with E-state index in [1.165, 1.54) is 23.9 Å². The molecule has 2 aromatic rings. The highest BCUT2D eigenvalue weighted by molar-refractivity contribution is 8.28. The number of nitrogens with zero attached hydrogens (tertiary/aromatic N) is 2. The topological polar surface area (TPSA) is 84.6 Å². The lowest BCUT2D eigenvalue weighted by Gasteiger charge is -2.27. The maximum atomic E-state index is 12.6. The first-order valence-corrected chi connectivity index (χ1v) is 11.3. The van der Waals surface area contributed by atoms with Crippen molar-refractivity contribution in [2.24, 2.45) is 0 Å². The molecule has 2 aliphatic heterocycles. The molecule has 0 amide bonds. The van der Waals surface area contributed by atoms with Crippen molar-refractivity contribution >= 4 is 33.8 Å². The molecule has 0 aromatic heterocycles. The highest BCUT2D eigenvalue weighted by Crippen LogP contribution is 2.62. The minimum Gasteiger partial charge on any atom is -0.334 e. The molecule has 0 aliphatic carbocycles. The first kappa shape index (κ1) is 19.6. The highest BCUT2D eigenvalue weighted by atomic mass is 32.3. The normalized spacial score (nSPS) is 21.2. The molecule has 0 saturated heterocycles. The van der Waals surface area contributed by atoms with E-state index in [0.29, 0.717) is 17.7 Å². The van der Waals surface area contributed by atoms with Crippen LogP contribution < -0.4 is 4.90 Å². The van der Waals surface area contributed by atoms with Crippen LogP contribution in [0.1, 0.15) is 17.3 Å². The van der Waals surface area contributed by atoms with Crippen LogP contribution in [0.5, 0.6) is 0 Å². The molecular formula is C22H18N2O3S2. The molecule has 5 nitrogen and oxygen atoms in total. The number of para-hydroxylation sites is 1. The average Bonchev–Trinajstić information content (AvgIpc) is 3.19. The summed E-state index contributed by atoms with van der Waals surface area (Å²) in [5, 5.41) is 10.5. The van der Waals surface area contributed by atoms with Crippen LogP contribution in [-0.4, -0.2) is 21.4 Å². The summed E-state index contributed by atoms with van der Waals surface area (Å²) in [5.41, 5.74) is 1.82. The molecule has 2 aliphatic rings. The Bertz CT molecular complexity index is 1140. The summed E-state index contributed by atoms with van der Waals surface area (Å²) in [4.78, 5) is 15.9. The van der Waals surface area contributed by atoms with E-state index in [9.17, 15) is 19.2 Å². The van der Waals surface area contributed by atoms with Gasteiger partial charge >= 0.3 is 0 Å². The van der Waals surface area contributed by atoms with E-state index >= 15 is 0 Å². The Kier molecular flexibility index (Phi) is 5.11. The molecule has 0 bridgehead atoms. The van der Waals surface area contributed by atoms with Crippen LogP contribution in [0, 0.1) is 11.3 Å². The van der Waals surface area contributed by atoms with Crippen molar-refractivity contribution in [1.29, 1.82) is 5.26 Å². The van der Waals surface area contributed by atoms with Crippen molar-refractivity contribution in [3.05, 3.63) is 87.8 Å². The molecule has 4 rings (SSSR count). The first-order chi connectivity index (χ1) is 14.0. The predicted molar refractivity (Wildman–Crippen MR) is 117 cm³/mol. The van der Waals surface area contributed by atoms with E-state index in [1.807, 2.05) is 31.2 Å². The fourth-order valence-corrected chi connectivity index (χ4v) is 6.20. The lowest BCUT2D eigenvalue weighted by molar-refractivity contribution is 0.104. The van der Waals surface area contributed by atoms with Crippen molar-refractivity contribution in [3.63, 3.8) is 0 Å². The Morgan fingerprint density at radius 3 is 2.66 bits per heavy atom. The molecule has 2 N–H and O–H groups in total. The number of benzene rings is 2. The van der Waals surface area contributed by atoms with Crippen LogP contribution >= 0.6 is 22.4 Å². The number of Topliss-reactive ketones (excluding diaryl/α,β-unsaturated/α-hetero) is 1. The Balaban J connectivity index is 1.68. The second-order valence-corrected chi connectivity index (χ2v) is 9.42. The van der Waals surface area contributed by atoms with E-state index in [2.05, 4.69) is 11.0 Å². The van der Waals surface area contributed by atoms with Crippen LogP contribution in [0.2, 0.25) is 0 Å². The SMILES string of the molecule is CCN1C(=C(C#N)C=CC=C2C(=O)c3ccccc3S2(O)O)Sc2ccccc21. The maximum Gasteiger partial charge on any atom is 0.211 e. The number of anilines is 1. The van der Waals surface area contributed by atoms with E-state index < -0.39 is 16.4 Å². The third kappa shape index (κ3) is 3.20. The summed E-state index contributed by atoms with van der Waals surface area (Å²) < 4.78 is 21.1. The highest BCUT2D eigenvalue weighted by Gasteiger charge is 2.38. The summed E-state index contributed by atoms with van der Waals surface area (Å²) in [6.45, 7) is 2.74. The molecule has 2 heterocycles. The fraction of sp³-hybridized carbons (Fsp3) is 0.0909. The van der Waals surface area contributed by atoms with Gasteiger partial charge in [-0.25, -0.2) is 0 Å². The van der Waals surface area contributed by atoms with Gasteiger partial charge in [0, 0.05) is 17.0 Å². The smallest absolute Gasteiger partial charge is 0.211 e. The van der Waals surface area contributed by atoms with Gasteiger partial charge in [0.15, 0.2) is 0 Å². The van der Waals surface area contributed by atoms with E-state index in [0.717, 1.165) is 15.6 Å². The van der Waals surface area contributed by atoms with Gasteiger partial charge in [-0.2, -0.15) is 5.26 Å². The molecule has 146 valence electrons. The maximum absolute atomic E-state index is 12.6. The molecule has 0 radical (unpaired) electrons. The molecule has 0 atom stereocenters. The Morgan fingerprint density at radius 2 is 1.93 bits per heavy atom. The van der Waals surface area contributed by atoms with Gasteiger partial charge < -0.3 is 4.90 Å². The van der Waals surface area contributed by atoms with Gasteiger partial charge in [-0.3, -0.25) is 13.9 Å². The molecular weight excluding hydrogens is 404 g/mol. The summed E-state index contributed by atoms with van der Waals surface area (Å²) in [7, 11) is -3.33. The third-order valence-corrected chi connectivity index (χ3v) is 7.86. The van der Waals surface area contributed by atoms with Gasteiger partial charge in [-0.15, -0.1) is 10.6 Å². The van der Waals surface area contributed by atoms with Gasteiger partial charge in [0.1, 0.15) is 11.0 Å². The minimum atomic E-state index is -3.33. The van der Waals surface area contributed by atoms with Gasteiger partial charge in [0.2, 0.25) is 5.78 Å². The third-order valence-electron chi connectivity index (χ3n) is 4.75. The standard InChI is InChI=1S/C22H18N2O3S2/c1-2-24-17-10-4-5-11-18(17)28-22(24)15(14-23)8-7-13-20-21(25)16-9-3-6-12-19(16)29(20,26)27/h3-13,26-27H,2H2,1H3. The summed E-state index contributed by atoms with van der Waals surface area (Å²) in [6.07, 6.45) is 4.55. The zero-order valence-electron chi connectivity index (χ0n) is 15.6. The number of allylic oxidation sites excluding steroid dienone is 5. The second-order valence-electron chi connectivity index (χ2n) is 6.41. The molecule has 0 spiro atoms. The van der Waals surface area contributed by atoms with Gasteiger partial charge in [0.05, 0.1) is 21.2 Å². The Hall–Kier alpha value is -2.76. The number of carbonyl (C=O) groups is 1. The summed E-state index contributed by atoms with van der Waals surface area (Å²) >= 11 is 1.52. The zero-order chi connectivity index (χ0) is 20.6. The largest absolute Gasteiger partial charge is 0.334 e. The van der Waals surface area contributed by atoms with Gasteiger partial charge in [-0.1, -0.05) is 42.1 Å². The lowest BCUT2D eigenvalue weighted by atomic mass is 10.1. The molecule has 0 saturated carbocycles. The van der Waals surface area contributed by atoms with Gasteiger partial charge in [0.25, 0.3) is 0 Å². The summed E-state index contributed by atoms with van der Waals surface area (Å²) in [6, 6.07) is 16.7. The van der Waals surface area contributed by atoms with Crippen LogP contribution in [0.4, 0.5) is 5.69 Å². The van der Waals surface area contributed by atoms with Crippen LogP contribution in [0.25, 0.3) is 0 Å². The number of carbonyl (C=O) groups excluding carboxylic acids is 1. The number of nitriles is 1. The number of hydrogen-bond donors (Lipinski definition) is 2. The molecule has 0 fully saturated rings. The second kappa shape index (κ2) is 7.58. The van der Waals surface area contributed by atoms with Crippen molar-refractivity contribution in [2.75, 3.05) is 11.4 Å². The first-order valence-electron chi connectivity index (χ1n) is 8.98. The van der Waals surface area contributed by atoms with E-state index in [4.69, 9.17) is 0 Å². The fourth-order valence-electron chi connectivity index (χ4n) is 3.39. The summed E-state index contributed by atoms with van der Waals surface area (Å²) in [5.74, 6) is -0.394. The van der Waals surface area contributed by atoms with Crippen LogP contribution in [0.3, 0.4) is 0 Å². The predicted octanol–water partition coefficient (Wildman–Crippen LogP) is 5.80. The number of hydrogen-bond acceptors (Lipinski definition) is 6. The molecule has 0 unspecified atom stereocenters. The Morgan fingerprint density at radius 1 is 1.21 bits per heavy atom. The average molecular weight is 423 g/mol. The van der Waals surface area contributed by atoms with Crippen molar-refractivity contribution < 1.29 is 13.9 Å². The molecule has 29 heavy (non-hydrogen) atoms. The van der Waals surface area contributed by atoms with Crippen molar-refractivity contribution in [2.45, 2.75) is 16.7 Å². The lowest BCUT2D eigenvalue weighted by Crippen LogP contribution is -2.17. The zero-order valence-corrected chi connectivity index (χ0v) is 17.2. The van der Waals surface area contributed by atoms with Crippen LogP contribution in [0.15, 0.2) is 92.1 Å². The molecule has 2 aromatic carbocycles. The Labute approximate surface area is 175 Å². The number of thioether (sulfide) groups is 1.